The predicted octanol–water partition coefficient (Wildman–Crippen LogP) is 5.73. The Morgan fingerprint density at radius 3 is 2.56 bits per heavy atom. The molecular weight excluding hydrogens is 503 g/mol. The molecule has 0 aliphatic heterocycles. The maximum Gasteiger partial charge on any atom is 0.272 e. The molecule has 0 saturated carbocycles. The zero-order valence-corrected chi connectivity index (χ0v) is 21.2. The smallest absolute Gasteiger partial charge is 0.272 e. The summed E-state index contributed by atoms with van der Waals surface area (Å²) >= 11 is 0. The highest BCUT2D eigenvalue weighted by atomic mass is 19.1. The Morgan fingerprint density at radius 1 is 1.00 bits per heavy atom. The number of fused-ring (bicyclic) bond motifs is 2. The van der Waals surface area contributed by atoms with Gasteiger partial charge in [0.2, 0.25) is 0 Å². The second-order valence-corrected chi connectivity index (χ2v) is 10.4. The van der Waals surface area contributed by atoms with Crippen molar-refractivity contribution in [2.75, 3.05) is 0 Å². The maximum absolute atomic E-state index is 15.1. The minimum Gasteiger partial charge on any atom is -0.390 e. The number of halogens is 3. The lowest BCUT2D eigenvalue weighted by Crippen LogP contribution is -2.34. The van der Waals surface area contributed by atoms with Crippen molar-refractivity contribution in [1.29, 1.82) is 0 Å². The first kappa shape index (κ1) is 25.4. The van der Waals surface area contributed by atoms with E-state index in [-0.39, 0.29) is 23.1 Å². The van der Waals surface area contributed by atoms with Crippen molar-refractivity contribution in [3.05, 3.63) is 118 Å². The van der Waals surface area contributed by atoms with Crippen molar-refractivity contribution < 1.29 is 23.1 Å². The number of aromatic nitrogens is 2. The molecule has 200 valence electrons. The van der Waals surface area contributed by atoms with Gasteiger partial charge in [0.05, 0.1) is 17.8 Å². The Bertz CT molecular complexity index is 1530. The van der Waals surface area contributed by atoms with E-state index in [9.17, 15) is 18.7 Å². The minimum atomic E-state index is -0.780. The molecule has 2 aliphatic carbocycles. The molecule has 1 unspecified atom stereocenters. The Morgan fingerprint density at radius 2 is 1.77 bits per heavy atom. The van der Waals surface area contributed by atoms with Crippen LogP contribution in [0.25, 0.3) is 5.69 Å². The van der Waals surface area contributed by atoms with E-state index in [1.807, 2.05) is 24.3 Å². The molecule has 8 heteroatoms. The molecule has 2 N–H and O–H groups in total. The number of nitrogens with one attached hydrogen (secondary N) is 1. The molecule has 3 aromatic carbocycles. The number of carbonyl (C=O) groups is 1. The molecule has 39 heavy (non-hydrogen) atoms. The second-order valence-electron chi connectivity index (χ2n) is 10.4. The summed E-state index contributed by atoms with van der Waals surface area (Å²) < 4.78 is 43.9. The number of aliphatic hydroxyl groups is 1. The van der Waals surface area contributed by atoms with Crippen molar-refractivity contribution >= 4 is 5.91 Å². The molecule has 1 aromatic heterocycles. The number of benzene rings is 3. The van der Waals surface area contributed by atoms with Crippen LogP contribution in [0.1, 0.15) is 69.7 Å². The van der Waals surface area contributed by atoms with E-state index in [0.717, 1.165) is 47.6 Å². The summed E-state index contributed by atoms with van der Waals surface area (Å²) in [5, 5.41) is 18.3. The fourth-order valence-corrected chi connectivity index (χ4v) is 6.04. The number of hydrogen-bond acceptors (Lipinski definition) is 3. The minimum absolute atomic E-state index is 0.0592. The third kappa shape index (κ3) is 4.85. The topological polar surface area (TPSA) is 67.2 Å². The highest BCUT2D eigenvalue weighted by Gasteiger charge is 2.35. The lowest BCUT2D eigenvalue weighted by molar-refractivity contribution is 0.0852. The molecule has 0 saturated heterocycles. The van der Waals surface area contributed by atoms with Gasteiger partial charge < -0.3 is 10.4 Å². The lowest BCUT2D eigenvalue weighted by Gasteiger charge is -2.19. The fourth-order valence-electron chi connectivity index (χ4n) is 6.04. The summed E-state index contributed by atoms with van der Waals surface area (Å²) in [5.41, 5.74) is 4.43. The largest absolute Gasteiger partial charge is 0.390 e. The Labute approximate surface area is 224 Å². The van der Waals surface area contributed by atoms with Crippen LogP contribution < -0.4 is 5.32 Å². The second kappa shape index (κ2) is 10.3. The molecular formula is C31H28F3N3O2. The van der Waals surface area contributed by atoms with Crippen molar-refractivity contribution in [2.45, 2.75) is 56.6 Å². The summed E-state index contributed by atoms with van der Waals surface area (Å²) in [6.45, 7) is 0. The van der Waals surface area contributed by atoms with E-state index < -0.39 is 29.7 Å². The first-order chi connectivity index (χ1) is 18.9. The van der Waals surface area contributed by atoms with Crippen LogP contribution in [0.5, 0.6) is 0 Å². The maximum atomic E-state index is 15.1. The van der Waals surface area contributed by atoms with Gasteiger partial charge in [-0.3, -0.25) is 4.79 Å². The average Bonchev–Trinajstić information content (AvgIpc) is 3.36. The van der Waals surface area contributed by atoms with Gasteiger partial charge in [-0.1, -0.05) is 42.8 Å². The number of aliphatic hydroxyl groups excluding tert-OH is 1. The highest BCUT2D eigenvalue weighted by Crippen LogP contribution is 2.38. The standard InChI is InChI=1S/C31H28F3N3O2/c32-21-11-9-18(10-12-21)15-20-6-2-4-8-24-29(36-37(30(20)24)26-14-13-22(33)17-25(26)34)31(39)35-28-23-7-3-1-5-19(23)16-27(28)38/h1,3,5,7,9-14,17,20,27-28,38H,2,4,6,8,15-16H2,(H,35,39)/t20?,27-,28+/m0/s1. The molecule has 0 spiro atoms. The van der Waals surface area contributed by atoms with Crippen LogP contribution in [-0.2, 0) is 19.3 Å². The number of nitrogens with zero attached hydrogens (tertiary/aromatic N) is 2. The van der Waals surface area contributed by atoms with E-state index in [1.54, 1.807) is 12.1 Å². The molecule has 6 rings (SSSR count). The number of rotatable bonds is 5. The van der Waals surface area contributed by atoms with E-state index in [2.05, 4.69) is 10.4 Å². The molecule has 0 radical (unpaired) electrons. The first-order valence-electron chi connectivity index (χ1n) is 13.3. The predicted molar refractivity (Wildman–Crippen MR) is 140 cm³/mol. The third-order valence-electron chi connectivity index (χ3n) is 7.88. The highest BCUT2D eigenvalue weighted by molar-refractivity contribution is 5.94. The summed E-state index contributed by atoms with van der Waals surface area (Å²) in [7, 11) is 0. The van der Waals surface area contributed by atoms with Gasteiger partial charge in [0.1, 0.15) is 17.3 Å². The van der Waals surface area contributed by atoms with E-state index in [4.69, 9.17) is 0 Å². The van der Waals surface area contributed by atoms with Gasteiger partial charge in [0, 0.05) is 24.0 Å². The Kier molecular flexibility index (Phi) is 6.73. The monoisotopic (exact) mass is 531 g/mol. The van der Waals surface area contributed by atoms with Crippen molar-refractivity contribution in [3.8, 4) is 5.69 Å². The quantitative estimate of drug-likeness (QED) is 0.323. The molecule has 0 fully saturated rings. The molecule has 1 amide bonds. The fraction of sp³-hybridized carbons (Fsp3) is 0.290. The van der Waals surface area contributed by atoms with E-state index >= 15 is 4.39 Å². The van der Waals surface area contributed by atoms with Crippen molar-refractivity contribution in [3.63, 3.8) is 0 Å². The van der Waals surface area contributed by atoms with Crippen LogP contribution in [0.15, 0.2) is 66.7 Å². The van der Waals surface area contributed by atoms with Crippen LogP contribution in [0.4, 0.5) is 13.2 Å². The molecule has 0 bridgehead atoms. The van der Waals surface area contributed by atoms with Crippen LogP contribution in [0.2, 0.25) is 0 Å². The van der Waals surface area contributed by atoms with Crippen LogP contribution in [0, 0.1) is 17.5 Å². The Balaban J connectivity index is 1.43. The molecule has 3 atom stereocenters. The van der Waals surface area contributed by atoms with Gasteiger partial charge in [-0.15, -0.1) is 0 Å². The van der Waals surface area contributed by atoms with Crippen LogP contribution >= 0.6 is 0 Å². The summed E-state index contributed by atoms with van der Waals surface area (Å²) in [4.78, 5) is 13.7. The third-order valence-corrected chi connectivity index (χ3v) is 7.88. The molecule has 4 aromatic rings. The summed E-state index contributed by atoms with van der Waals surface area (Å²) in [6.07, 6.45) is 3.28. The van der Waals surface area contributed by atoms with E-state index in [0.29, 0.717) is 25.0 Å². The first-order valence-corrected chi connectivity index (χ1v) is 13.3. The van der Waals surface area contributed by atoms with Gasteiger partial charge in [-0.05, 0) is 66.6 Å². The van der Waals surface area contributed by atoms with Crippen LogP contribution in [-0.4, -0.2) is 26.9 Å². The zero-order valence-electron chi connectivity index (χ0n) is 21.2. The van der Waals surface area contributed by atoms with Gasteiger partial charge >= 0.3 is 0 Å². The van der Waals surface area contributed by atoms with Crippen molar-refractivity contribution in [2.24, 2.45) is 0 Å². The molecule has 5 nitrogen and oxygen atoms in total. The van der Waals surface area contributed by atoms with Gasteiger partial charge in [-0.25, -0.2) is 17.9 Å². The lowest BCUT2D eigenvalue weighted by atomic mass is 9.90. The van der Waals surface area contributed by atoms with Crippen LogP contribution in [0.3, 0.4) is 0 Å². The molecule has 1 heterocycles. The Hall–Kier alpha value is -3.91. The molecule has 2 aliphatic rings. The van der Waals surface area contributed by atoms with Gasteiger partial charge in [-0.2, -0.15) is 5.10 Å². The average molecular weight is 532 g/mol. The SMILES string of the molecule is O=C(N[C@@H]1c2ccccc2C[C@@H]1O)c1nn(-c2ccc(F)cc2F)c2c1CCCCC2Cc1ccc(F)cc1. The van der Waals surface area contributed by atoms with Gasteiger partial charge in [0.25, 0.3) is 5.91 Å². The van der Waals surface area contributed by atoms with E-state index in [1.165, 1.54) is 28.9 Å². The van der Waals surface area contributed by atoms with Gasteiger partial charge in [0.15, 0.2) is 11.5 Å². The number of amides is 1. The number of hydrogen-bond donors (Lipinski definition) is 2. The number of carbonyl (C=O) groups excluding carboxylic acids is 1. The normalized spacial score (nSPS) is 20.3. The summed E-state index contributed by atoms with van der Waals surface area (Å²) in [6, 6.07) is 16.6. The summed E-state index contributed by atoms with van der Waals surface area (Å²) in [5.74, 6) is -2.38. The van der Waals surface area contributed by atoms with Crippen molar-refractivity contribution in [1.82, 2.24) is 15.1 Å². The zero-order chi connectivity index (χ0) is 27.1.